The standard InChI is InChI=1S/C29H42N4O6SSi/c1-29(11-14-32(15-12-29)28(34)35)20-39-25-10-13-30-27-26(25)24(19-33(27)21-38-16-17-41(3,4)5)23-8-6-22(7-9-23)18-31-40(2,36)37/h6-10,13,19,31H,11-12,14-18,20-21H2,1-5H3,(H,34,35). The van der Waals surface area contributed by atoms with E-state index in [2.05, 4.69) is 31.3 Å². The molecule has 1 fully saturated rings. The van der Waals surface area contributed by atoms with Gasteiger partial charge in [0.05, 0.1) is 18.2 Å². The molecule has 0 spiro atoms. The molecule has 1 amide bonds. The number of carbonyl (C=O) groups is 1. The molecule has 0 bridgehead atoms. The van der Waals surface area contributed by atoms with Gasteiger partial charge in [0.15, 0.2) is 0 Å². The Bertz CT molecular complexity index is 1460. The maximum absolute atomic E-state index is 11.5. The van der Waals surface area contributed by atoms with E-state index in [1.54, 1.807) is 6.20 Å². The van der Waals surface area contributed by atoms with E-state index in [-0.39, 0.29) is 12.0 Å². The van der Waals surface area contributed by atoms with Crippen molar-refractivity contribution in [3.63, 3.8) is 0 Å². The predicted octanol–water partition coefficient (Wildman–Crippen LogP) is 5.22. The summed E-state index contributed by atoms with van der Waals surface area (Å²) in [4.78, 5) is 17.5. The van der Waals surface area contributed by atoms with Crippen molar-refractivity contribution in [1.29, 1.82) is 0 Å². The van der Waals surface area contributed by atoms with Gasteiger partial charge in [0, 0.05) is 57.7 Å². The number of aromatic nitrogens is 2. The Balaban J connectivity index is 1.61. The van der Waals surface area contributed by atoms with E-state index in [9.17, 15) is 18.3 Å². The minimum atomic E-state index is -3.29. The molecule has 224 valence electrons. The number of sulfonamides is 1. The summed E-state index contributed by atoms with van der Waals surface area (Å²) in [5.41, 5.74) is 3.38. The molecule has 1 aliphatic rings. The lowest BCUT2D eigenvalue weighted by Gasteiger charge is -2.37. The third-order valence-corrected chi connectivity index (χ3v) is 9.94. The molecule has 10 nitrogen and oxygen atoms in total. The van der Waals surface area contributed by atoms with Crippen LogP contribution in [-0.4, -0.2) is 74.7 Å². The lowest BCUT2D eigenvalue weighted by Crippen LogP contribution is -2.43. The fraction of sp³-hybridized carbons (Fsp3) is 0.517. The van der Waals surface area contributed by atoms with Crippen LogP contribution < -0.4 is 9.46 Å². The Labute approximate surface area is 243 Å². The van der Waals surface area contributed by atoms with E-state index in [1.807, 2.05) is 41.1 Å². The molecule has 1 saturated heterocycles. The first-order valence-corrected chi connectivity index (χ1v) is 19.5. The first-order valence-electron chi connectivity index (χ1n) is 13.9. The SMILES string of the molecule is CC1(COc2ccnc3c2c(-c2ccc(CNS(C)(=O)=O)cc2)cn3COCC[Si](C)(C)C)CCN(C(=O)O)CC1. The van der Waals surface area contributed by atoms with Crippen LogP contribution in [0.1, 0.15) is 25.3 Å². The largest absolute Gasteiger partial charge is 0.492 e. The molecular formula is C29H42N4O6SSi. The monoisotopic (exact) mass is 602 g/mol. The summed E-state index contributed by atoms with van der Waals surface area (Å²) in [5, 5.41) is 10.2. The molecule has 4 rings (SSSR count). The Morgan fingerprint density at radius 2 is 1.83 bits per heavy atom. The van der Waals surface area contributed by atoms with Gasteiger partial charge < -0.3 is 24.0 Å². The summed E-state index contributed by atoms with van der Waals surface area (Å²) in [6.45, 7) is 11.9. The topological polar surface area (TPSA) is 123 Å². The van der Waals surface area contributed by atoms with Crippen LogP contribution in [-0.2, 0) is 28.0 Å². The Hall–Kier alpha value is -2.93. The van der Waals surface area contributed by atoms with Crippen molar-refractivity contribution in [3.05, 3.63) is 48.3 Å². The average Bonchev–Trinajstić information content (AvgIpc) is 3.27. The van der Waals surface area contributed by atoms with Crippen molar-refractivity contribution in [2.45, 2.75) is 58.7 Å². The number of carboxylic acid groups (broad SMARTS) is 1. The van der Waals surface area contributed by atoms with E-state index < -0.39 is 24.2 Å². The maximum Gasteiger partial charge on any atom is 0.407 e. The van der Waals surface area contributed by atoms with Crippen LogP contribution in [0.5, 0.6) is 5.75 Å². The first-order chi connectivity index (χ1) is 19.2. The number of rotatable bonds is 12. The highest BCUT2D eigenvalue weighted by Gasteiger charge is 2.33. The number of ether oxygens (including phenoxy) is 2. The Morgan fingerprint density at radius 1 is 1.15 bits per heavy atom. The van der Waals surface area contributed by atoms with Crippen molar-refractivity contribution in [2.24, 2.45) is 5.41 Å². The molecule has 3 aromatic rings. The number of pyridine rings is 1. The Morgan fingerprint density at radius 3 is 2.44 bits per heavy atom. The van der Waals surface area contributed by atoms with Crippen LogP contribution in [0, 0.1) is 5.41 Å². The summed E-state index contributed by atoms with van der Waals surface area (Å²) in [7, 11) is -4.51. The summed E-state index contributed by atoms with van der Waals surface area (Å²) < 4.78 is 40.1. The summed E-state index contributed by atoms with van der Waals surface area (Å²) in [6, 6.07) is 10.7. The first kappa shape index (κ1) is 31.0. The molecule has 0 unspecified atom stereocenters. The molecule has 2 N–H and O–H groups in total. The molecule has 41 heavy (non-hydrogen) atoms. The summed E-state index contributed by atoms with van der Waals surface area (Å²) in [5.74, 6) is 0.718. The number of likely N-dealkylation sites (tertiary alicyclic amines) is 1. The number of piperidine rings is 1. The van der Waals surface area contributed by atoms with Crippen LogP contribution in [0.4, 0.5) is 4.79 Å². The Kier molecular flexibility index (Phi) is 9.47. The van der Waals surface area contributed by atoms with Crippen molar-refractivity contribution in [3.8, 4) is 16.9 Å². The number of nitrogens with zero attached hydrogens (tertiary/aromatic N) is 3. The van der Waals surface area contributed by atoms with Gasteiger partial charge in [0.1, 0.15) is 18.1 Å². The second-order valence-electron chi connectivity index (χ2n) is 12.5. The number of hydrogen-bond acceptors (Lipinski definition) is 6. The zero-order chi connectivity index (χ0) is 29.8. The van der Waals surface area contributed by atoms with Gasteiger partial charge in [-0.1, -0.05) is 50.8 Å². The third kappa shape index (κ3) is 8.54. The highest BCUT2D eigenvalue weighted by atomic mass is 32.2. The van der Waals surface area contributed by atoms with Gasteiger partial charge in [-0.3, -0.25) is 0 Å². The quantitative estimate of drug-likeness (QED) is 0.215. The van der Waals surface area contributed by atoms with E-state index in [0.29, 0.717) is 33.0 Å². The van der Waals surface area contributed by atoms with Gasteiger partial charge in [-0.05, 0) is 36.1 Å². The van der Waals surface area contributed by atoms with E-state index >= 15 is 0 Å². The van der Waals surface area contributed by atoms with Gasteiger partial charge in [-0.25, -0.2) is 22.9 Å². The highest BCUT2D eigenvalue weighted by Crippen LogP contribution is 2.38. The smallest absolute Gasteiger partial charge is 0.407 e. The van der Waals surface area contributed by atoms with Gasteiger partial charge in [-0.15, -0.1) is 0 Å². The van der Waals surface area contributed by atoms with E-state index in [1.165, 1.54) is 4.90 Å². The minimum Gasteiger partial charge on any atom is -0.492 e. The molecule has 3 heterocycles. The molecule has 0 aliphatic carbocycles. The van der Waals surface area contributed by atoms with Crippen molar-refractivity contribution < 1.29 is 27.8 Å². The van der Waals surface area contributed by atoms with E-state index in [4.69, 9.17) is 14.5 Å². The summed E-state index contributed by atoms with van der Waals surface area (Å²) in [6.07, 6.45) is 5.52. The van der Waals surface area contributed by atoms with Crippen LogP contribution in [0.2, 0.25) is 25.7 Å². The zero-order valence-electron chi connectivity index (χ0n) is 24.6. The number of amides is 1. The molecule has 0 radical (unpaired) electrons. The zero-order valence-corrected chi connectivity index (χ0v) is 26.5. The fourth-order valence-electron chi connectivity index (χ4n) is 4.82. The van der Waals surface area contributed by atoms with E-state index in [0.717, 1.165) is 58.6 Å². The minimum absolute atomic E-state index is 0.140. The van der Waals surface area contributed by atoms with Gasteiger partial charge in [0.25, 0.3) is 0 Å². The van der Waals surface area contributed by atoms with Crippen LogP contribution in [0.15, 0.2) is 42.7 Å². The highest BCUT2D eigenvalue weighted by molar-refractivity contribution is 7.88. The number of hydrogen-bond donors (Lipinski definition) is 2. The second-order valence-corrected chi connectivity index (χ2v) is 20.0. The molecule has 1 aromatic carbocycles. The molecule has 1 aliphatic heterocycles. The normalized spacial score (nSPS) is 15.8. The lowest BCUT2D eigenvalue weighted by molar-refractivity contribution is 0.0660. The molecular weight excluding hydrogens is 560 g/mol. The van der Waals surface area contributed by atoms with Crippen molar-refractivity contribution in [2.75, 3.05) is 32.6 Å². The van der Waals surface area contributed by atoms with Crippen LogP contribution in [0.25, 0.3) is 22.2 Å². The third-order valence-electron chi connectivity index (χ3n) is 7.57. The fourth-order valence-corrected chi connectivity index (χ4v) is 6.00. The van der Waals surface area contributed by atoms with Gasteiger partial charge >= 0.3 is 6.09 Å². The van der Waals surface area contributed by atoms with Gasteiger partial charge in [0.2, 0.25) is 10.0 Å². The van der Waals surface area contributed by atoms with Crippen LogP contribution >= 0.6 is 0 Å². The van der Waals surface area contributed by atoms with Gasteiger partial charge in [-0.2, -0.15) is 0 Å². The molecule has 2 aromatic heterocycles. The maximum atomic E-state index is 11.5. The number of fused-ring (bicyclic) bond motifs is 1. The number of nitrogens with one attached hydrogen (secondary N) is 1. The van der Waals surface area contributed by atoms with Crippen molar-refractivity contribution >= 4 is 35.2 Å². The van der Waals surface area contributed by atoms with Crippen LogP contribution in [0.3, 0.4) is 0 Å². The summed E-state index contributed by atoms with van der Waals surface area (Å²) >= 11 is 0. The average molecular weight is 603 g/mol. The lowest BCUT2D eigenvalue weighted by atomic mass is 9.81. The number of benzene rings is 1. The van der Waals surface area contributed by atoms with Crippen molar-refractivity contribution in [1.82, 2.24) is 19.2 Å². The molecule has 0 saturated carbocycles. The molecule has 0 atom stereocenters. The predicted molar refractivity (Wildman–Crippen MR) is 163 cm³/mol. The second kappa shape index (κ2) is 12.5. The molecule has 12 heteroatoms.